The number of esters is 1. The summed E-state index contributed by atoms with van der Waals surface area (Å²) in [7, 11) is 0. The number of hydrogen-bond acceptors (Lipinski definition) is 3. The van der Waals surface area contributed by atoms with Crippen LogP contribution in [0.25, 0.3) is 0 Å². The second-order valence-corrected chi connectivity index (χ2v) is 7.05. The molecule has 2 aliphatic rings. The van der Waals surface area contributed by atoms with Crippen LogP contribution in [0.5, 0.6) is 0 Å². The normalized spacial score (nSPS) is 26.0. The highest BCUT2D eigenvalue weighted by Gasteiger charge is 2.44. The number of nitrogens with one attached hydrogen (secondary N) is 2. The number of halogens is 4. The van der Waals surface area contributed by atoms with E-state index in [9.17, 15) is 22.8 Å². The van der Waals surface area contributed by atoms with E-state index in [2.05, 4.69) is 5.32 Å². The van der Waals surface area contributed by atoms with Crippen LogP contribution in [-0.2, 0) is 20.5 Å². The molecule has 1 amide bonds. The molecule has 2 heterocycles. The molecule has 2 fully saturated rings. The van der Waals surface area contributed by atoms with E-state index in [0.29, 0.717) is 6.61 Å². The molecule has 1 unspecified atom stereocenters. The van der Waals surface area contributed by atoms with Crippen LogP contribution in [0.15, 0.2) is 18.2 Å². The molecule has 2 aliphatic heterocycles. The molecule has 5 nitrogen and oxygen atoms in total. The molecule has 142 valence electrons. The van der Waals surface area contributed by atoms with Crippen molar-refractivity contribution < 1.29 is 32.4 Å². The van der Waals surface area contributed by atoms with Crippen LogP contribution in [0.4, 0.5) is 18.9 Å². The number of benzene rings is 1. The summed E-state index contributed by atoms with van der Waals surface area (Å²) in [6, 6.07) is 2.26. The smallest absolute Gasteiger partial charge is 0.416 e. The van der Waals surface area contributed by atoms with E-state index >= 15 is 0 Å². The second kappa shape index (κ2) is 7.44. The highest BCUT2D eigenvalue weighted by molar-refractivity contribution is 6.33. The number of fused-ring (bicyclic) bond motifs is 1. The van der Waals surface area contributed by atoms with E-state index in [1.165, 1.54) is 0 Å². The third kappa shape index (κ3) is 4.12. The van der Waals surface area contributed by atoms with Gasteiger partial charge in [-0.1, -0.05) is 11.6 Å². The van der Waals surface area contributed by atoms with Crippen molar-refractivity contribution in [2.75, 3.05) is 18.5 Å². The predicted octanol–water partition coefficient (Wildman–Crippen LogP) is 2.05. The molecule has 1 aromatic carbocycles. The summed E-state index contributed by atoms with van der Waals surface area (Å²) in [6.45, 7) is 1.13. The number of piperidine rings is 1. The first-order valence-electron chi connectivity index (χ1n) is 8.44. The number of cyclic esters (lactones) is 1. The molecule has 3 rings (SSSR count). The molecule has 3 atom stereocenters. The minimum Gasteiger partial charge on any atom is -0.455 e. The van der Waals surface area contributed by atoms with E-state index in [0.717, 1.165) is 48.9 Å². The molecule has 0 saturated carbocycles. The highest BCUT2D eigenvalue weighted by atomic mass is 35.5. The topological polar surface area (TPSA) is 59.8 Å². The van der Waals surface area contributed by atoms with Crippen LogP contribution >= 0.6 is 11.6 Å². The van der Waals surface area contributed by atoms with Crippen molar-refractivity contribution >= 4 is 29.2 Å². The first-order valence-corrected chi connectivity index (χ1v) is 8.82. The lowest BCUT2D eigenvalue weighted by atomic mass is 9.97. The van der Waals surface area contributed by atoms with Crippen LogP contribution in [0, 0.1) is 0 Å². The van der Waals surface area contributed by atoms with E-state index in [4.69, 9.17) is 16.3 Å². The average molecular weight is 392 g/mol. The van der Waals surface area contributed by atoms with E-state index in [1.807, 2.05) is 0 Å². The van der Waals surface area contributed by atoms with Crippen molar-refractivity contribution in [3.8, 4) is 0 Å². The third-order valence-corrected chi connectivity index (χ3v) is 5.24. The summed E-state index contributed by atoms with van der Waals surface area (Å²) in [6.07, 6.45) is -1.74. The lowest BCUT2D eigenvalue weighted by molar-refractivity contribution is -0.951. The van der Waals surface area contributed by atoms with Gasteiger partial charge in [0, 0.05) is 6.42 Å². The number of rotatable bonds is 3. The summed E-state index contributed by atoms with van der Waals surface area (Å²) in [4.78, 5) is 25.5. The van der Waals surface area contributed by atoms with Crippen LogP contribution in [0.1, 0.15) is 31.2 Å². The Morgan fingerprint density at radius 2 is 2.12 bits per heavy atom. The minimum absolute atomic E-state index is 0.000710. The first-order chi connectivity index (χ1) is 12.3. The van der Waals surface area contributed by atoms with Gasteiger partial charge in [0.25, 0.3) is 0 Å². The first kappa shape index (κ1) is 19.0. The van der Waals surface area contributed by atoms with Gasteiger partial charge in [0.1, 0.15) is 12.6 Å². The number of ether oxygens (including phenoxy) is 1. The molecule has 9 heteroatoms. The number of hydrogen-bond donors (Lipinski definition) is 2. The molecule has 0 aromatic heterocycles. The zero-order valence-corrected chi connectivity index (χ0v) is 14.6. The molecule has 1 aromatic rings. The monoisotopic (exact) mass is 391 g/mol. The van der Waals surface area contributed by atoms with Gasteiger partial charge in [-0.3, -0.25) is 4.79 Å². The summed E-state index contributed by atoms with van der Waals surface area (Å²) in [5.41, 5.74) is -1.03. The number of alkyl halides is 3. The van der Waals surface area contributed by atoms with E-state index in [-0.39, 0.29) is 23.2 Å². The van der Waals surface area contributed by atoms with Crippen molar-refractivity contribution in [1.82, 2.24) is 0 Å². The van der Waals surface area contributed by atoms with Crippen LogP contribution < -0.4 is 10.2 Å². The van der Waals surface area contributed by atoms with Crippen molar-refractivity contribution in [2.45, 2.75) is 43.9 Å². The minimum atomic E-state index is -4.54. The van der Waals surface area contributed by atoms with Gasteiger partial charge in [-0.2, -0.15) is 13.2 Å². The number of quaternary nitrogens is 1. The Morgan fingerprint density at radius 3 is 2.85 bits per heavy atom. The Kier molecular flexibility index (Phi) is 5.43. The van der Waals surface area contributed by atoms with E-state index < -0.39 is 29.7 Å². The molecule has 0 aliphatic carbocycles. The molecule has 0 spiro atoms. The lowest BCUT2D eigenvalue weighted by Gasteiger charge is -2.40. The zero-order valence-electron chi connectivity index (χ0n) is 13.9. The Labute approximate surface area is 153 Å². The summed E-state index contributed by atoms with van der Waals surface area (Å²) < 4.78 is 43.7. The summed E-state index contributed by atoms with van der Waals surface area (Å²) >= 11 is 5.89. The van der Waals surface area contributed by atoms with Gasteiger partial charge in [-0.25, -0.2) is 4.79 Å². The van der Waals surface area contributed by atoms with Gasteiger partial charge in [-0.15, -0.1) is 0 Å². The fourth-order valence-corrected chi connectivity index (χ4v) is 3.76. The fourth-order valence-electron chi connectivity index (χ4n) is 3.59. The maximum absolute atomic E-state index is 12.8. The van der Waals surface area contributed by atoms with Crippen LogP contribution in [-0.4, -0.2) is 37.1 Å². The molecule has 2 N–H and O–H groups in total. The van der Waals surface area contributed by atoms with Crippen molar-refractivity contribution in [2.24, 2.45) is 0 Å². The number of carbonyl (C=O) groups excluding carboxylic acids is 2. The van der Waals surface area contributed by atoms with Gasteiger partial charge in [0.2, 0.25) is 5.91 Å². The Balaban J connectivity index is 1.71. The van der Waals surface area contributed by atoms with Crippen molar-refractivity contribution in [3.05, 3.63) is 28.8 Å². The molecule has 2 saturated heterocycles. The SMILES string of the molecule is O=C(C[C@H]1C(=O)OC[C@@H]2CCCC[NH+]21)Nc1cc(C(F)(F)F)ccc1Cl. The standard InChI is InChI=1S/C17H18ClF3N2O3/c18-12-5-4-10(17(19,20)21)7-13(12)22-15(24)8-14-16(25)26-9-11-3-1-2-6-23(11)14/h4-5,7,11,14H,1-3,6,8-9H2,(H,22,24)/p+1/t11-,14-/m0/s1. The largest absolute Gasteiger partial charge is 0.455 e. The van der Waals surface area contributed by atoms with Gasteiger partial charge in [0.05, 0.1) is 29.2 Å². The van der Waals surface area contributed by atoms with Gasteiger partial charge >= 0.3 is 12.1 Å². The number of amides is 1. The van der Waals surface area contributed by atoms with Gasteiger partial charge in [-0.05, 0) is 31.0 Å². The molecule has 0 bridgehead atoms. The molecular weight excluding hydrogens is 373 g/mol. The maximum Gasteiger partial charge on any atom is 0.416 e. The summed E-state index contributed by atoms with van der Waals surface area (Å²) in [5.74, 6) is -1.00. The van der Waals surface area contributed by atoms with Crippen LogP contribution in [0.3, 0.4) is 0 Å². The number of anilines is 1. The average Bonchev–Trinajstić information content (AvgIpc) is 2.58. The summed E-state index contributed by atoms with van der Waals surface area (Å²) in [5, 5.41) is 2.39. The maximum atomic E-state index is 12.8. The quantitative estimate of drug-likeness (QED) is 0.775. The highest BCUT2D eigenvalue weighted by Crippen LogP contribution is 2.33. The molecule has 0 radical (unpaired) electrons. The lowest BCUT2D eigenvalue weighted by Crippen LogP contribution is -3.22. The van der Waals surface area contributed by atoms with Crippen LogP contribution in [0.2, 0.25) is 5.02 Å². The number of morpholine rings is 1. The van der Waals surface area contributed by atoms with Crippen molar-refractivity contribution in [1.29, 1.82) is 0 Å². The predicted molar refractivity (Wildman–Crippen MR) is 87.9 cm³/mol. The zero-order chi connectivity index (χ0) is 18.9. The molecular formula is C17H19ClF3N2O3+. The van der Waals surface area contributed by atoms with E-state index in [1.54, 1.807) is 0 Å². The van der Waals surface area contributed by atoms with Gasteiger partial charge in [0.15, 0.2) is 6.04 Å². The second-order valence-electron chi connectivity index (χ2n) is 6.64. The Bertz CT molecular complexity index is 711. The van der Waals surface area contributed by atoms with Gasteiger partial charge < -0.3 is 15.0 Å². The Hall–Kier alpha value is -1.80. The third-order valence-electron chi connectivity index (χ3n) is 4.91. The molecule has 26 heavy (non-hydrogen) atoms. The van der Waals surface area contributed by atoms with Crippen molar-refractivity contribution in [3.63, 3.8) is 0 Å². The number of carbonyl (C=O) groups is 2. The fraction of sp³-hybridized carbons (Fsp3) is 0.529. The Morgan fingerprint density at radius 1 is 1.35 bits per heavy atom.